The molecule has 0 aliphatic rings. The van der Waals surface area contributed by atoms with Crippen LogP contribution in [0.5, 0.6) is 0 Å². The van der Waals surface area contributed by atoms with Crippen LogP contribution >= 0.6 is 0 Å². The minimum Gasteiger partial charge on any atom is -0.327 e. The SMILES string of the molecule is CCNCCNCC(N)CC(C)C. The summed E-state index contributed by atoms with van der Waals surface area (Å²) >= 11 is 0. The Balaban J connectivity index is 3.12. The summed E-state index contributed by atoms with van der Waals surface area (Å²) in [5, 5.41) is 6.60. The van der Waals surface area contributed by atoms with Crippen LogP contribution in [0.1, 0.15) is 27.2 Å². The first-order valence-electron chi connectivity index (χ1n) is 5.33. The number of hydrogen-bond acceptors (Lipinski definition) is 3. The van der Waals surface area contributed by atoms with E-state index in [0.29, 0.717) is 12.0 Å². The van der Waals surface area contributed by atoms with Gasteiger partial charge in [-0.15, -0.1) is 0 Å². The van der Waals surface area contributed by atoms with Crippen LogP contribution in [0.2, 0.25) is 0 Å². The van der Waals surface area contributed by atoms with Gasteiger partial charge in [0.2, 0.25) is 0 Å². The van der Waals surface area contributed by atoms with Crippen LogP contribution in [-0.2, 0) is 0 Å². The molecule has 0 heterocycles. The van der Waals surface area contributed by atoms with Crippen molar-refractivity contribution in [1.29, 1.82) is 0 Å². The Morgan fingerprint density at radius 2 is 1.77 bits per heavy atom. The number of nitrogens with two attached hydrogens (primary N) is 1. The van der Waals surface area contributed by atoms with E-state index in [1.165, 1.54) is 0 Å². The van der Waals surface area contributed by atoms with Crippen LogP contribution in [0, 0.1) is 5.92 Å². The fourth-order valence-electron chi connectivity index (χ4n) is 1.33. The summed E-state index contributed by atoms with van der Waals surface area (Å²) in [6.07, 6.45) is 1.11. The summed E-state index contributed by atoms with van der Waals surface area (Å²) in [6, 6.07) is 0.307. The molecule has 0 aromatic heterocycles. The molecule has 0 aromatic rings. The Bertz CT molecular complexity index is 104. The van der Waals surface area contributed by atoms with Gasteiger partial charge in [0, 0.05) is 25.7 Å². The Kier molecular flexibility index (Phi) is 8.40. The van der Waals surface area contributed by atoms with Gasteiger partial charge in [0.1, 0.15) is 0 Å². The van der Waals surface area contributed by atoms with Gasteiger partial charge in [-0.1, -0.05) is 20.8 Å². The van der Waals surface area contributed by atoms with Crippen molar-refractivity contribution in [2.75, 3.05) is 26.2 Å². The zero-order chi connectivity index (χ0) is 10.1. The minimum absolute atomic E-state index is 0.307. The van der Waals surface area contributed by atoms with Gasteiger partial charge in [0.05, 0.1) is 0 Å². The van der Waals surface area contributed by atoms with E-state index in [1.54, 1.807) is 0 Å². The van der Waals surface area contributed by atoms with E-state index in [4.69, 9.17) is 5.73 Å². The first-order valence-corrected chi connectivity index (χ1v) is 5.33. The molecule has 1 unspecified atom stereocenters. The maximum Gasteiger partial charge on any atom is 0.0167 e. The summed E-state index contributed by atoms with van der Waals surface area (Å²) in [5.41, 5.74) is 5.91. The molecule has 0 bridgehead atoms. The molecule has 0 aromatic carbocycles. The van der Waals surface area contributed by atoms with Crippen LogP contribution in [0.15, 0.2) is 0 Å². The van der Waals surface area contributed by atoms with Gasteiger partial charge in [0.15, 0.2) is 0 Å². The second-order valence-corrected chi connectivity index (χ2v) is 3.95. The third-order valence-corrected chi connectivity index (χ3v) is 1.91. The Labute approximate surface area is 82.5 Å². The van der Waals surface area contributed by atoms with E-state index < -0.39 is 0 Å². The highest BCUT2D eigenvalue weighted by molar-refractivity contribution is 4.66. The molecule has 0 rings (SSSR count). The maximum atomic E-state index is 5.91. The normalized spacial score (nSPS) is 13.6. The van der Waals surface area contributed by atoms with E-state index in [0.717, 1.165) is 32.6 Å². The zero-order valence-electron chi connectivity index (χ0n) is 9.27. The van der Waals surface area contributed by atoms with Crippen LogP contribution in [0.25, 0.3) is 0 Å². The zero-order valence-corrected chi connectivity index (χ0v) is 9.27. The largest absolute Gasteiger partial charge is 0.327 e. The van der Waals surface area contributed by atoms with Crippen molar-refractivity contribution in [3.05, 3.63) is 0 Å². The standard InChI is InChI=1S/C10H25N3/c1-4-12-5-6-13-8-10(11)7-9(2)3/h9-10,12-13H,4-8,11H2,1-3H3. The van der Waals surface area contributed by atoms with Crippen molar-refractivity contribution < 1.29 is 0 Å². The van der Waals surface area contributed by atoms with Crippen molar-refractivity contribution in [2.45, 2.75) is 33.2 Å². The first kappa shape index (κ1) is 12.9. The number of rotatable bonds is 8. The number of nitrogens with one attached hydrogen (secondary N) is 2. The van der Waals surface area contributed by atoms with E-state index in [1.807, 2.05) is 0 Å². The molecule has 3 heteroatoms. The molecule has 0 radical (unpaired) electrons. The fourth-order valence-corrected chi connectivity index (χ4v) is 1.33. The molecule has 4 N–H and O–H groups in total. The smallest absolute Gasteiger partial charge is 0.0167 e. The molecule has 0 aliphatic carbocycles. The highest BCUT2D eigenvalue weighted by atomic mass is 14.9. The predicted octanol–water partition coefficient (Wildman–Crippen LogP) is 0.559. The molecule has 0 fully saturated rings. The lowest BCUT2D eigenvalue weighted by Gasteiger charge is -2.14. The van der Waals surface area contributed by atoms with Crippen LogP contribution < -0.4 is 16.4 Å². The molecule has 0 amide bonds. The number of hydrogen-bond donors (Lipinski definition) is 3. The average Bonchev–Trinajstić information content (AvgIpc) is 2.02. The molecule has 3 nitrogen and oxygen atoms in total. The second-order valence-electron chi connectivity index (χ2n) is 3.95. The molecular formula is C10H25N3. The minimum atomic E-state index is 0.307. The monoisotopic (exact) mass is 187 g/mol. The van der Waals surface area contributed by atoms with Gasteiger partial charge in [0.25, 0.3) is 0 Å². The summed E-state index contributed by atoms with van der Waals surface area (Å²) < 4.78 is 0. The maximum absolute atomic E-state index is 5.91. The molecule has 0 saturated carbocycles. The van der Waals surface area contributed by atoms with Gasteiger partial charge >= 0.3 is 0 Å². The first-order chi connectivity index (χ1) is 6.16. The van der Waals surface area contributed by atoms with Gasteiger partial charge < -0.3 is 16.4 Å². The Morgan fingerprint density at radius 1 is 1.15 bits per heavy atom. The lowest BCUT2D eigenvalue weighted by atomic mass is 10.0. The van der Waals surface area contributed by atoms with Crippen LogP contribution in [0.4, 0.5) is 0 Å². The van der Waals surface area contributed by atoms with E-state index in [9.17, 15) is 0 Å². The van der Waals surface area contributed by atoms with Gasteiger partial charge in [-0.05, 0) is 18.9 Å². The fraction of sp³-hybridized carbons (Fsp3) is 1.00. The van der Waals surface area contributed by atoms with Crippen molar-refractivity contribution in [2.24, 2.45) is 11.7 Å². The predicted molar refractivity (Wildman–Crippen MR) is 58.8 cm³/mol. The topological polar surface area (TPSA) is 50.1 Å². The summed E-state index contributed by atoms with van der Waals surface area (Å²) in [5.74, 6) is 0.700. The second kappa shape index (κ2) is 8.48. The summed E-state index contributed by atoms with van der Waals surface area (Å²) in [6.45, 7) is 10.6. The van der Waals surface area contributed by atoms with Crippen molar-refractivity contribution >= 4 is 0 Å². The van der Waals surface area contributed by atoms with Crippen molar-refractivity contribution in [1.82, 2.24) is 10.6 Å². The lowest BCUT2D eigenvalue weighted by molar-refractivity contribution is 0.466. The molecule has 0 aliphatic heterocycles. The van der Waals surface area contributed by atoms with Crippen molar-refractivity contribution in [3.8, 4) is 0 Å². The van der Waals surface area contributed by atoms with E-state index in [2.05, 4.69) is 31.4 Å². The quantitative estimate of drug-likeness (QED) is 0.487. The highest BCUT2D eigenvalue weighted by Crippen LogP contribution is 2.00. The molecule has 1 atom stereocenters. The number of likely N-dealkylation sites (N-methyl/N-ethyl adjacent to an activating group) is 1. The third kappa shape index (κ3) is 9.80. The Hall–Kier alpha value is -0.120. The molecule has 13 heavy (non-hydrogen) atoms. The molecule has 0 spiro atoms. The molecule has 80 valence electrons. The molecular weight excluding hydrogens is 162 g/mol. The van der Waals surface area contributed by atoms with Crippen LogP contribution in [0.3, 0.4) is 0 Å². The summed E-state index contributed by atoms with van der Waals surface area (Å²) in [4.78, 5) is 0. The highest BCUT2D eigenvalue weighted by Gasteiger charge is 2.03. The third-order valence-electron chi connectivity index (χ3n) is 1.91. The van der Waals surface area contributed by atoms with Crippen molar-refractivity contribution in [3.63, 3.8) is 0 Å². The van der Waals surface area contributed by atoms with Crippen LogP contribution in [-0.4, -0.2) is 32.2 Å². The lowest BCUT2D eigenvalue weighted by Crippen LogP contribution is -2.37. The average molecular weight is 187 g/mol. The van der Waals surface area contributed by atoms with E-state index >= 15 is 0 Å². The Morgan fingerprint density at radius 3 is 2.31 bits per heavy atom. The summed E-state index contributed by atoms with van der Waals surface area (Å²) in [7, 11) is 0. The molecule has 0 saturated heterocycles. The van der Waals surface area contributed by atoms with Gasteiger partial charge in [-0.3, -0.25) is 0 Å². The van der Waals surface area contributed by atoms with Gasteiger partial charge in [-0.25, -0.2) is 0 Å². The van der Waals surface area contributed by atoms with Gasteiger partial charge in [-0.2, -0.15) is 0 Å². The van der Waals surface area contributed by atoms with E-state index in [-0.39, 0.29) is 0 Å².